The van der Waals surface area contributed by atoms with Gasteiger partial charge in [-0.3, -0.25) is 0 Å². The summed E-state index contributed by atoms with van der Waals surface area (Å²) >= 11 is 0. The Morgan fingerprint density at radius 3 is 2.67 bits per heavy atom. The number of nitrogens with zero attached hydrogens (tertiary/aromatic N) is 1. The molecule has 1 heterocycles. The second-order valence-corrected chi connectivity index (χ2v) is 4.68. The van der Waals surface area contributed by atoms with Crippen molar-refractivity contribution in [1.82, 2.24) is 10.2 Å². The van der Waals surface area contributed by atoms with Crippen molar-refractivity contribution in [3.8, 4) is 0 Å². The van der Waals surface area contributed by atoms with Gasteiger partial charge in [-0.1, -0.05) is 0 Å². The second kappa shape index (κ2) is 10.7. The fraction of sp³-hybridized carbons (Fsp3) is 1.00. The molecule has 0 aromatic carbocycles. The zero-order chi connectivity index (χ0) is 13.1. The molecule has 0 spiro atoms. The zero-order valence-electron chi connectivity index (χ0n) is 11.6. The maximum Gasteiger partial charge on any atom is 0.0897 e. The minimum atomic E-state index is -0.426. The van der Waals surface area contributed by atoms with Crippen molar-refractivity contribution >= 4 is 0 Å². The molecule has 1 aliphatic heterocycles. The second-order valence-electron chi connectivity index (χ2n) is 4.68. The molecule has 0 aliphatic carbocycles. The van der Waals surface area contributed by atoms with E-state index in [0.29, 0.717) is 33.0 Å². The third-order valence-electron chi connectivity index (χ3n) is 3.07. The first kappa shape index (κ1) is 15.9. The highest BCUT2D eigenvalue weighted by atomic mass is 16.5. The molecule has 0 aromatic rings. The first-order valence-corrected chi connectivity index (χ1v) is 7.09. The van der Waals surface area contributed by atoms with Crippen molar-refractivity contribution in [2.75, 3.05) is 59.2 Å². The lowest BCUT2D eigenvalue weighted by Gasteiger charge is -2.16. The summed E-state index contributed by atoms with van der Waals surface area (Å²) in [6.07, 6.45) is 2.23. The van der Waals surface area contributed by atoms with Crippen molar-refractivity contribution in [3.05, 3.63) is 0 Å². The van der Waals surface area contributed by atoms with Gasteiger partial charge in [-0.25, -0.2) is 0 Å². The fourth-order valence-corrected chi connectivity index (χ4v) is 2.05. The highest BCUT2D eigenvalue weighted by Crippen LogP contribution is 2.05. The van der Waals surface area contributed by atoms with Gasteiger partial charge in [-0.15, -0.1) is 0 Å². The predicted octanol–water partition coefficient (Wildman–Crippen LogP) is 0.0858. The first-order valence-electron chi connectivity index (χ1n) is 7.09. The molecule has 5 nitrogen and oxygen atoms in total. The summed E-state index contributed by atoms with van der Waals surface area (Å²) in [5.74, 6) is 0. The number of aliphatic hydroxyl groups is 1. The van der Waals surface area contributed by atoms with E-state index >= 15 is 0 Å². The molecule has 1 saturated heterocycles. The Bertz CT molecular complexity index is 187. The summed E-state index contributed by atoms with van der Waals surface area (Å²) in [6.45, 7) is 9.28. The number of nitrogens with one attached hydrogen (secondary N) is 1. The van der Waals surface area contributed by atoms with Crippen LogP contribution in [0, 0.1) is 0 Å². The standard InChI is InChI=1S/C13H28N2O3/c1-2-17-9-10-18-12-13(16)11-14-5-8-15-6-3-4-7-15/h13-14,16H,2-12H2,1H3. The van der Waals surface area contributed by atoms with Crippen molar-refractivity contribution in [2.45, 2.75) is 25.9 Å². The Morgan fingerprint density at radius 2 is 1.94 bits per heavy atom. The van der Waals surface area contributed by atoms with Gasteiger partial charge in [0, 0.05) is 26.2 Å². The molecule has 1 unspecified atom stereocenters. The lowest BCUT2D eigenvalue weighted by atomic mass is 10.3. The molecule has 1 fully saturated rings. The van der Waals surface area contributed by atoms with Gasteiger partial charge < -0.3 is 24.8 Å². The van der Waals surface area contributed by atoms with E-state index in [1.54, 1.807) is 0 Å². The van der Waals surface area contributed by atoms with E-state index in [9.17, 15) is 5.11 Å². The average molecular weight is 260 g/mol. The quantitative estimate of drug-likeness (QED) is 0.516. The SMILES string of the molecule is CCOCCOCC(O)CNCCN1CCCC1. The van der Waals surface area contributed by atoms with Gasteiger partial charge in [0.2, 0.25) is 0 Å². The van der Waals surface area contributed by atoms with Gasteiger partial charge in [0.1, 0.15) is 0 Å². The molecule has 1 rings (SSSR count). The molecule has 0 radical (unpaired) electrons. The van der Waals surface area contributed by atoms with E-state index in [0.717, 1.165) is 13.1 Å². The van der Waals surface area contributed by atoms with Crippen LogP contribution in [0.2, 0.25) is 0 Å². The van der Waals surface area contributed by atoms with Crippen LogP contribution in [0.3, 0.4) is 0 Å². The summed E-state index contributed by atoms with van der Waals surface area (Å²) in [7, 11) is 0. The molecule has 18 heavy (non-hydrogen) atoms. The molecule has 108 valence electrons. The zero-order valence-corrected chi connectivity index (χ0v) is 11.6. The molecule has 0 amide bonds. The van der Waals surface area contributed by atoms with E-state index in [-0.39, 0.29) is 0 Å². The first-order chi connectivity index (χ1) is 8.83. The maximum atomic E-state index is 9.66. The average Bonchev–Trinajstić information content (AvgIpc) is 2.87. The summed E-state index contributed by atoms with van der Waals surface area (Å²) in [5, 5.41) is 12.9. The van der Waals surface area contributed by atoms with Gasteiger partial charge in [0.25, 0.3) is 0 Å². The van der Waals surface area contributed by atoms with E-state index in [4.69, 9.17) is 9.47 Å². The van der Waals surface area contributed by atoms with Crippen LogP contribution in [0.25, 0.3) is 0 Å². The number of ether oxygens (including phenoxy) is 2. The van der Waals surface area contributed by atoms with Crippen molar-refractivity contribution < 1.29 is 14.6 Å². The Morgan fingerprint density at radius 1 is 1.22 bits per heavy atom. The van der Waals surface area contributed by atoms with Crippen LogP contribution in [0.5, 0.6) is 0 Å². The number of aliphatic hydroxyl groups excluding tert-OH is 1. The van der Waals surface area contributed by atoms with Crippen LogP contribution in [0.15, 0.2) is 0 Å². The molecular formula is C13H28N2O3. The van der Waals surface area contributed by atoms with Crippen LogP contribution in [-0.2, 0) is 9.47 Å². The lowest BCUT2D eigenvalue weighted by Crippen LogP contribution is -2.36. The van der Waals surface area contributed by atoms with Gasteiger partial charge in [0.05, 0.1) is 25.9 Å². The third kappa shape index (κ3) is 8.00. The number of likely N-dealkylation sites (tertiary alicyclic amines) is 1. The van der Waals surface area contributed by atoms with Crippen molar-refractivity contribution in [1.29, 1.82) is 0 Å². The highest BCUT2D eigenvalue weighted by molar-refractivity contribution is 4.67. The summed E-state index contributed by atoms with van der Waals surface area (Å²) in [5.41, 5.74) is 0. The minimum Gasteiger partial charge on any atom is -0.389 e. The van der Waals surface area contributed by atoms with Gasteiger partial charge in [-0.05, 0) is 32.9 Å². The van der Waals surface area contributed by atoms with Crippen LogP contribution in [-0.4, -0.2) is 75.3 Å². The lowest BCUT2D eigenvalue weighted by molar-refractivity contribution is 0.00646. The van der Waals surface area contributed by atoms with E-state index in [2.05, 4.69) is 10.2 Å². The third-order valence-corrected chi connectivity index (χ3v) is 3.07. The predicted molar refractivity (Wildman–Crippen MR) is 71.9 cm³/mol. The summed E-state index contributed by atoms with van der Waals surface area (Å²) in [4.78, 5) is 2.46. The van der Waals surface area contributed by atoms with Crippen LogP contribution >= 0.6 is 0 Å². The minimum absolute atomic E-state index is 0.379. The Balaban J connectivity index is 1.82. The fourth-order valence-electron chi connectivity index (χ4n) is 2.05. The number of hydrogen-bond donors (Lipinski definition) is 2. The molecule has 0 saturated carbocycles. The summed E-state index contributed by atoms with van der Waals surface area (Å²) in [6, 6.07) is 0. The monoisotopic (exact) mass is 260 g/mol. The van der Waals surface area contributed by atoms with Crippen LogP contribution < -0.4 is 5.32 Å². The molecule has 0 aromatic heterocycles. The van der Waals surface area contributed by atoms with E-state index in [1.807, 2.05) is 6.92 Å². The Labute approximate surface area is 110 Å². The largest absolute Gasteiger partial charge is 0.389 e. The highest BCUT2D eigenvalue weighted by Gasteiger charge is 2.10. The molecule has 0 bridgehead atoms. The smallest absolute Gasteiger partial charge is 0.0897 e. The molecule has 5 heteroatoms. The van der Waals surface area contributed by atoms with E-state index < -0.39 is 6.10 Å². The Kier molecular flexibility index (Phi) is 9.42. The Hall–Kier alpha value is -0.200. The maximum absolute atomic E-state index is 9.66. The van der Waals surface area contributed by atoms with Gasteiger partial charge in [-0.2, -0.15) is 0 Å². The number of rotatable bonds is 11. The van der Waals surface area contributed by atoms with Crippen molar-refractivity contribution in [3.63, 3.8) is 0 Å². The summed E-state index contributed by atoms with van der Waals surface area (Å²) < 4.78 is 10.4. The van der Waals surface area contributed by atoms with E-state index in [1.165, 1.54) is 25.9 Å². The normalized spacial score (nSPS) is 18.3. The molecule has 1 atom stereocenters. The number of hydrogen-bond acceptors (Lipinski definition) is 5. The topological polar surface area (TPSA) is 54.0 Å². The van der Waals surface area contributed by atoms with Gasteiger partial charge in [0.15, 0.2) is 0 Å². The molecular weight excluding hydrogens is 232 g/mol. The molecule has 1 aliphatic rings. The van der Waals surface area contributed by atoms with Gasteiger partial charge >= 0.3 is 0 Å². The van der Waals surface area contributed by atoms with Crippen molar-refractivity contribution in [2.24, 2.45) is 0 Å². The van der Waals surface area contributed by atoms with Crippen LogP contribution in [0.1, 0.15) is 19.8 Å². The van der Waals surface area contributed by atoms with Crippen LogP contribution in [0.4, 0.5) is 0 Å². The molecule has 2 N–H and O–H groups in total.